The van der Waals surface area contributed by atoms with E-state index in [1.165, 1.54) is 0 Å². The fraction of sp³-hybridized carbons (Fsp3) is 0.400. The highest BCUT2D eigenvalue weighted by Gasteiger charge is 2.04. The standard InChI is InChI=1S/C10H13Cl2NO/c11-4-6-13(7-5-12)9-2-1-3-10(14)8-9/h1-3,8,14H,4-7H2. The normalized spacial score (nSPS) is 10.1. The molecule has 0 radical (unpaired) electrons. The van der Waals surface area contributed by atoms with Gasteiger partial charge in [-0.15, -0.1) is 23.2 Å². The van der Waals surface area contributed by atoms with Crippen molar-refractivity contribution in [2.45, 2.75) is 0 Å². The molecule has 1 aromatic rings. The van der Waals surface area contributed by atoms with Crippen molar-refractivity contribution in [2.24, 2.45) is 0 Å². The lowest BCUT2D eigenvalue weighted by Crippen LogP contribution is -2.27. The topological polar surface area (TPSA) is 23.5 Å². The number of hydrogen-bond acceptors (Lipinski definition) is 2. The van der Waals surface area contributed by atoms with Crippen molar-refractivity contribution in [2.75, 3.05) is 29.7 Å². The molecule has 0 aromatic heterocycles. The number of benzene rings is 1. The Morgan fingerprint density at radius 2 is 1.79 bits per heavy atom. The number of hydrogen-bond donors (Lipinski definition) is 1. The SMILES string of the molecule is Oc1cccc(N(CCCl)CCCl)c1. The van der Waals surface area contributed by atoms with Crippen LogP contribution < -0.4 is 4.90 Å². The van der Waals surface area contributed by atoms with Gasteiger partial charge in [-0.2, -0.15) is 0 Å². The maximum absolute atomic E-state index is 9.31. The van der Waals surface area contributed by atoms with Gasteiger partial charge in [0.2, 0.25) is 0 Å². The average molecular weight is 234 g/mol. The van der Waals surface area contributed by atoms with Crippen LogP contribution in [0.2, 0.25) is 0 Å². The second-order valence-corrected chi connectivity index (χ2v) is 3.64. The highest BCUT2D eigenvalue weighted by molar-refractivity contribution is 6.18. The summed E-state index contributed by atoms with van der Waals surface area (Å²) in [7, 11) is 0. The lowest BCUT2D eigenvalue weighted by atomic mass is 10.2. The molecule has 0 unspecified atom stereocenters. The van der Waals surface area contributed by atoms with E-state index in [9.17, 15) is 5.11 Å². The van der Waals surface area contributed by atoms with Gasteiger partial charge < -0.3 is 10.0 Å². The fourth-order valence-corrected chi connectivity index (χ4v) is 1.67. The zero-order valence-corrected chi connectivity index (χ0v) is 9.30. The number of phenolic OH excluding ortho intramolecular Hbond substituents is 1. The predicted molar refractivity (Wildman–Crippen MR) is 61.8 cm³/mol. The molecule has 0 bridgehead atoms. The summed E-state index contributed by atoms with van der Waals surface area (Å²) in [5.41, 5.74) is 0.950. The second-order valence-electron chi connectivity index (χ2n) is 2.88. The van der Waals surface area contributed by atoms with Crippen LogP contribution in [0.1, 0.15) is 0 Å². The molecule has 1 aromatic carbocycles. The van der Waals surface area contributed by atoms with E-state index in [0.29, 0.717) is 11.8 Å². The van der Waals surface area contributed by atoms with Crippen LogP contribution in [-0.2, 0) is 0 Å². The van der Waals surface area contributed by atoms with Gasteiger partial charge in [-0.25, -0.2) is 0 Å². The van der Waals surface area contributed by atoms with Crippen molar-refractivity contribution >= 4 is 28.9 Å². The minimum Gasteiger partial charge on any atom is -0.508 e. The van der Waals surface area contributed by atoms with E-state index >= 15 is 0 Å². The van der Waals surface area contributed by atoms with Crippen LogP contribution in [0.4, 0.5) is 5.69 Å². The molecule has 0 aliphatic rings. The van der Waals surface area contributed by atoms with Gasteiger partial charge in [-0.05, 0) is 12.1 Å². The zero-order chi connectivity index (χ0) is 10.4. The van der Waals surface area contributed by atoms with Crippen molar-refractivity contribution in [3.05, 3.63) is 24.3 Å². The lowest BCUT2D eigenvalue weighted by Gasteiger charge is -2.22. The van der Waals surface area contributed by atoms with E-state index in [2.05, 4.69) is 0 Å². The molecule has 0 saturated heterocycles. The summed E-state index contributed by atoms with van der Waals surface area (Å²) >= 11 is 11.3. The minimum absolute atomic E-state index is 0.261. The Bertz CT molecular complexity index is 275. The molecular formula is C10H13Cl2NO. The van der Waals surface area contributed by atoms with Crippen LogP contribution in [0, 0.1) is 0 Å². The fourth-order valence-electron chi connectivity index (χ4n) is 1.26. The number of alkyl halides is 2. The van der Waals surface area contributed by atoms with Crippen molar-refractivity contribution in [3.63, 3.8) is 0 Å². The van der Waals surface area contributed by atoms with Crippen molar-refractivity contribution in [1.82, 2.24) is 0 Å². The second kappa shape index (κ2) is 5.99. The quantitative estimate of drug-likeness (QED) is 0.791. The number of aromatic hydroxyl groups is 1. The summed E-state index contributed by atoms with van der Waals surface area (Å²) < 4.78 is 0. The molecule has 78 valence electrons. The first-order valence-corrected chi connectivity index (χ1v) is 5.50. The Morgan fingerprint density at radius 1 is 1.14 bits per heavy atom. The zero-order valence-electron chi connectivity index (χ0n) is 7.79. The molecule has 2 nitrogen and oxygen atoms in total. The van der Waals surface area contributed by atoms with Gasteiger partial charge in [0.1, 0.15) is 5.75 Å². The van der Waals surface area contributed by atoms with Crippen LogP contribution in [0.25, 0.3) is 0 Å². The van der Waals surface area contributed by atoms with Crippen molar-refractivity contribution in [1.29, 1.82) is 0 Å². The van der Waals surface area contributed by atoms with Gasteiger partial charge in [0, 0.05) is 36.6 Å². The molecule has 0 aliphatic heterocycles. The summed E-state index contributed by atoms with van der Waals surface area (Å²) in [4.78, 5) is 2.04. The molecule has 0 heterocycles. The maximum atomic E-state index is 9.31. The van der Waals surface area contributed by atoms with Crippen LogP contribution in [0.15, 0.2) is 24.3 Å². The monoisotopic (exact) mass is 233 g/mol. The Balaban J connectivity index is 2.75. The van der Waals surface area contributed by atoms with E-state index in [1.807, 2.05) is 11.0 Å². The van der Waals surface area contributed by atoms with Gasteiger partial charge in [0.25, 0.3) is 0 Å². The van der Waals surface area contributed by atoms with Crippen LogP contribution in [-0.4, -0.2) is 30.0 Å². The molecule has 0 saturated carbocycles. The van der Waals surface area contributed by atoms with E-state index in [0.717, 1.165) is 18.8 Å². The largest absolute Gasteiger partial charge is 0.508 e. The average Bonchev–Trinajstić information content (AvgIpc) is 2.17. The first kappa shape index (κ1) is 11.5. The molecular weight excluding hydrogens is 221 g/mol. The van der Waals surface area contributed by atoms with E-state index in [-0.39, 0.29) is 5.75 Å². The summed E-state index contributed by atoms with van der Waals surface area (Å²) in [6.07, 6.45) is 0. The van der Waals surface area contributed by atoms with E-state index in [1.54, 1.807) is 18.2 Å². The molecule has 1 N–H and O–H groups in total. The highest BCUT2D eigenvalue weighted by Crippen LogP contribution is 2.19. The Hall–Kier alpha value is -0.600. The van der Waals surface area contributed by atoms with E-state index in [4.69, 9.17) is 23.2 Å². The Labute approximate surface area is 94.1 Å². The summed E-state index contributed by atoms with van der Waals surface area (Å²) in [6.45, 7) is 1.47. The third-order valence-corrected chi connectivity index (χ3v) is 2.24. The van der Waals surface area contributed by atoms with Gasteiger partial charge >= 0.3 is 0 Å². The van der Waals surface area contributed by atoms with Crippen molar-refractivity contribution < 1.29 is 5.11 Å². The Morgan fingerprint density at radius 3 is 2.29 bits per heavy atom. The van der Waals surface area contributed by atoms with Crippen LogP contribution in [0.3, 0.4) is 0 Å². The van der Waals surface area contributed by atoms with Gasteiger partial charge in [0.15, 0.2) is 0 Å². The summed E-state index contributed by atoms with van der Waals surface area (Å²) in [6, 6.07) is 7.08. The van der Waals surface area contributed by atoms with Crippen LogP contribution >= 0.6 is 23.2 Å². The van der Waals surface area contributed by atoms with E-state index < -0.39 is 0 Å². The molecule has 0 aliphatic carbocycles. The smallest absolute Gasteiger partial charge is 0.117 e. The predicted octanol–water partition coefficient (Wildman–Crippen LogP) is 2.68. The van der Waals surface area contributed by atoms with Gasteiger partial charge in [-0.1, -0.05) is 6.07 Å². The molecule has 0 amide bonds. The molecule has 0 spiro atoms. The lowest BCUT2D eigenvalue weighted by molar-refractivity contribution is 0.475. The Kier molecular flexibility index (Phi) is 4.91. The van der Waals surface area contributed by atoms with Crippen LogP contribution in [0.5, 0.6) is 5.75 Å². The maximum Gasteiger partial charge on any atom is 0.117 e. The molecule has 14 heavy (non-hydrogen) atoms. The summed E-state index contributed by atoms with van der Waals surface area (Å²) in [5, 5.41) is 9.31. The third-order valence-electron chi connectivity index (χ3n) is 1.90. The molecule has 0 fully saturated rings. The molecule has 4 heteroatoms. The molecule has 0 atom stereocenters. The number of rotatable bonds is 5. The number of halogens is 2. The third kappa shape index (κ3) is 3.28. The first-order valence-electron chi connectivity index (χ1n) is 4.44. The van der Waals surface area contributed by atoms with Gasteiger partial charge in [0.05, 0.1) is 0 Å². The summed E-state index contributed by atoms with van der Waals surface area (Å²) in [5.74, 6) is 1.36. The highest BCUT2D eigenvalue weighted by atomic mass is 35.5. The number of phenols is 1. The minimum atomic E-state index is 0.261. The first-order chi connectivity index (χ1) is 6.77. The van der Waals surface area contributed by atoms with Crippen molar-refractivity contribution in [3.8, 4) is 5.75 Å². The van der Waals surface area contributed by atoms with Gasteiger partial charge in [-0.3, -0.25) is 0 Å². The number of anilines is 1. The molecule has 1 rings (SSSR count). The number of nitrogens with zero attached hydrogens (tertiary/aromatic N) is 1.